The van der Waals surface area contributed by atoms with Gasteiger partial charge in [-0.25, -0.2) is 9.59 Å². The van der Waals surface area contributed by atoms with Gasteiger partial charge in [0.2, 0.25) is 0 Å². The van der Waals surface area contributed by atoms with Crippen molar-refractivity contribution in [2.24, 2.45) is 0 Å². The number of benzene rings is 2. The number of aromatic carboxylic acids is 1. The second-order valence-electron chi connectivity index (χ2n) is 7.04. The summed E-state index contributed by atoms with van der Waals surface area (Å²) < 4.78 is 0. The number of amides is 1. The highest BCUT2D eigenvalue weighted by atomic mass is 32.1. The molecule has 0 aliphatic rings. The molecule has 31 heavy (non-hydrogen) atoms. The van der Waals surface area contributed by atoms with E-state index in [0.29, 0.717) is 24.3 Å². The second kappa shape index (κ2) is 9.92. The Hall–Kier alpha value is -3.63. The van der Waals surface area contributed by atoms with Crippen LogP contribution in [-0.4, -0.2) is 17.0 Å². The molecule has 0 aliphatic heterocycles. The highest BCUT2D eigenvalue weighted by molar-refractivity contribution is 7.15. The van der Waals surface area contributed by atoms with Gasteiger partial charge in [-0.05, 0) is 30.5 Å². The van der Waals surface area contributed by atoms with E-state index in [1.165, 1.54) is 11.3 Å². The SMILES string of the molecule is CCCC(=O)[N+]#Cc1ccccc1-c1ccc(CNc2c(C(=O)O)sc(C)c2N)cc1. The normalized spacial score (nSPS) is 10.3. The van der Waals surface area contributed by atoms with Crippen molar-refractivity contribution >= 4 is 34.6 Å². The van der Waals surface area contributed by atoms with Crippen LogP contribution in [0.5, 0.6) is 0 Å². The number of nitrogen functional groups attached to an aromatic ring is 1. The highest BCUT2D eigenvalue weighted by Gasteiger charge is 2.18. The first kappa shape index (κ1) is 22.1. The fourth-order valence-electron chi connectivity index (χ4n) is 3.10. The van der Waals surface area contributed by atoms with Crippen LogP contribution in [0.15, 0.2) is 48.5 Å². The Morgan fingerprint density at radius 1 is 1.16 bits per heavy atom. The van der Waals surface area contributed by atoms with E-state index >= 15 is 0 Å². The Bertz CT molecular complexity index is 1170. The molecule has 0 saturated carbocycles. The minimum Gasteiger partial charge on any atom is -0.477 e. The van der Waals surface area contributed by atoms with E-state index in [1.807, 2.05) is 55.5 Å². The number of nitrogens with one attached hydrogen (secondary N) is 1. The number of nitrogens with two attached hydrogens (primary N) is 1. The molecule has 0 saturated heterocycles. The van der Waals surface area contributed by atoms with Crippen molar-refractivity contribution in [1.82, 2.24) is 0 Å². The first-order chi connectivity index (χ1) is 14.9. The maximum absolute atomic E-state index is 11.7. The molecule has 0 unspecified atom stereocenters. The molecule has 0 radical (unpaired) electrons. The number of rotatable bonds is 7. The lowest BCUT2D eigenvalue weighted by Crippen LogP contribution is -2.05. The summed E-state index contributed by atoms with van der Waals surface area (Å²) in [6.45, 7) is 4.19. The van der Waals surface area contributed by atoms with E-state index in [2.05, 4.69) is 16.2 Å². The van der Waals surface area contributed by atoms with Crippen LogP contribution in [-0.2, 0) is 11.3 Å². The topological polar surface area (TPSA) is 96.8 Å². The maximum atomic E-state index is 11.7. The standard InChI is InChI=1S/C24H23N3O3S/c1-3-6-20(28)26-14-18-7-4-5-8-19(18)17-11-9-16(10-12-17)13-27-22-21(25)15(2)31-23(22)24(29)30/h4-5,7-12,27H,3,6,13,25H2,1-2H3/p+1. The Balaban J connectivity index is 1.78. The lowest BCUT2D eigenvalue weighted by Gasteiger charge is -2.09. The minimum atomic E-state index is -0.991. The number of thiophene rings is 1. The number of nitrogens with zero attached hydrogens (tertiary/aromatic N) is 1. The maximum Gasteiger partial charge on any atom is 0.515 e. The van der Waals surface area contributed by atoms with Gasteiger partial charge in [0, 0.05) is 21.8 Å². The molecular formula is C24H24N3O3S+. The number of anilines is 2. The van der Waals surface area contributed by atoms with Gasteiger partial charge in [0.1, 0.15) is 10.4 Å². The molecule has 3 aromatic rings. The van der Waals surface area contributed by atoms with Crippen molar-refractivity contribution in [2.75, 3.05) is 11.1 Å². The van der Waals surface area contributed by atoms with Crippen LogP contribution in [0.25, 0.3) is 16.0 Å². The number of carbonyl (C=O) groups is 2. The Labute approximate surface area is 185 Å². The van der Waals surface area contributed by atoms with Gasteiger partial charge in [0.05, 0.1) is 17.8 Å². The van der Waals surface area contributed by atoms with Gasteiger partial charge in [-0.1, -0.05) is 49.4 Å². The Morgan fingerprint density at radius 2 is 1.87 bits per heavy atom. The summed E-state index contributed by atoms with van der Waals surface area (Å²) in [6.07, 6.45) is 1.17. The van der Waals surface area contributed by atoms with Crippen LogP contribution < -0.4 is 11.1 Å². The summed E-state index contributed by atoms with van der Waals surface area (Å²) in [6, 6.07) is 18.4. The third-order valence-corrected chi connectivity index (χ3v) is 5.86. The Kier molecular flexibility index (Phi) is 7.06. The van der Waals surface area contributed by atoms with E-state index in [-0.39, 0.29) is 10.8 Å². The number of aryl methyl sites for hydroxylation is 1. The van der Waals surface area contributed by atoms with Gasteiger partial charge in [0.25, 0.3) is 0 Å². The summed E-state index contributed by atoms with van der Waals surface area (Å²) in [5.41, 5.74) is 10.6. The average molecular weight is 435 g/mol. The minimum absolute atomic E-state index is 0.178. The van der Waals surface area contributed by atoms with Crippen molar-refractivity contribution in [3.8, 4) is 17.2 Å². The lowest BCUT2D eigenvalue weighted by molar-refractivity contribution is -0.114. The van der Waals surface area contributed by atoms with Gasteiger partial charge in [-0.3, -0.25) is 0 Å². The van der Waals surface area contributed by atoms with Crippen LogP contribution in [0.4, 0.5) is 11.4 Å². The molecule has 0 atom stereocenters. The molecule has 0 fully saturated rings. The highest BCUT2D eigenvalue weighted by Crippen LogP contribution is 2.35. The fraction of sp³-hybridized carbons (Fsp3) is 0.208. The third kappa shape index (κ3) is 5.30. The fourth-order valence-corrected chi connectivity index (χ4v) is 3.99. The molecule has 0 bridgehead atoms. The molecule has 1 heterocycles. The second-order valence-corrected chi connectivity index (χ2v) is 8.27. The van der Waals surface area contributed by atoms with Crippen LogP contribution in [0.1, 0.15) is 45.4 Å². The van der Waals surface area contributed by atoms with Crippen molar-refractivity contribution in [1.29, 1.82) is 0 Å². The van der Waals surface area contributed by atoms with E-state index < -0.39 is 5.97 Å². The zero-order valence-corrected chi connectivity index (χ0v) is 18.3. The smallest absolute Gasteiger partial charge is 0.477 e. The summed E-state index contributed by atoms with van der Waals surface area (Å²) >= 11 is 1.17. The molecule has 1 aromatic heterocycles. The largest absolute Gasteiger partial charge is 0.515 e. The summed E-state index contributed by atoms with van der Waals surface area (Å²) in [7, 11) is 0. The number of hydrogen-bond donors (Lipinski definition) is 3. The summed E-state index contributed by atoms with van der Waals surface area (Å²) in [5, 5.41) is 12.5. The predicted molar refractivity (Wildman–Crippen MR) is 126 cm³/mol. The van der Waals surface area contributed by atoms with Crippen LogP contribution in [0.2, 0.25) is 0 Å². The van der Waals surface area contributed by atoms with E-state index in [9.17, 15) is 14.7 Å². The van der Waals surface area contributed by atoms with E-state index in [4.69, 9.17) is 5.73 Å². The molecule has 1 amide bonds. The van der Waals surface area contributed by atoms with Gasteiger partial charge in [-0.2, -0.15) is 0 Å². The molecule has 7 heteroatoms. The van der Waals surface area contributed by atoms with Crippen molar-refractivity contribution in [3.05, 3.63) is 74.3 Å². The third-order valence-electron chi connectivity index (χ3n) is 4.75. The Morgan fingerprint density at radius 3 is 2.55 bits per heavy atom. The van der Waals surface area contributed by atoms with Crippen LogP contribution in [0, 0.1) is 13.0 Å². The first-order valence-corrected chi connectivity index (χ1v) is 10.8. The number of hydrogen-bond acceptors (Lipinski definition) is 5. The molecule has 0 spiro atoms. The molecule has 158 valence electrons. The first-order valence-electron chi connectivity index (χ1n) is 9.94. The lowest BCUT2D eigenvalue weighted by atomic mass is 9.99. The quantitative estimate of drug-likeness (QED) is 0.448. The molecule has 3 rings (SSSR count). The molecule has 4 N–H and O–H groups in total. The zero-order chi connectivity index (χ0) is 22.4. The van der Waals surface area contributed by atoms with Crippen molar-refractivity contribution < 1.29 is 14.7 Å². The van der Waals surface area contributed by atoms with E-state index in [0.717, 1.165) is 33.6 Å². The van der Waals surface area contributed by atoms with Gasteiger partial charge < -0.3 is 16.2 Å². The zero-order valence-electron chi connectivity index (χ0n) is 17.4. The molecule has 2 aromatic carbocycles. The molecular weight excluding hydrogens is 410 g/mol. The molecule has 6 nitrogen and oxygen atoms in total. The average Bonchev–Trinajstić information content (AvgIpc) is 3.06. The van der Waals surface area contributed by atoms with Gasteiger partial charge in [-0.15, -0.1) is 11.3 Å². The summed E-state index contributed by atoms with van der Waals surface area (Å²) in [5.74, 6) is -1.17. The number of carboxylic acid groups (broad SMARTS) is 1. The van der Waals surface area contributed by atoms with Crippen molar-refractivity contribution in [2.45, 2.75) is 33.2 Å². The number of carbonyl (C=O) groups excluding carboxylic acids is 1. The predicted octanol–water partition coefficient (Wildman–Crippen LogP) is 5.62. The number of carboxylic acids is 1. The van der Waals surface area contributed by atoms with Crippen molar-refractivity contribution in [3.63, 3.8) is 0 Å². The van der Waals surface area contributed by atoms with Gasteiger partial charge in [0.15, 0.2) is 0 Å². The molecule has 0 aliphatic carbocycles. The monoisotopic (exact) mass is 434 g/mol. The summed E-state index contributed by atoms with van der Waals surface area (Å²) in [4.78, 5) is 28.1. The van der Waals surface area contributed by atoms with Gasteiger partial charge >= 0.3 is 17.9 Å². The van der Waals surface area contributed by atoms with E-state index in [1.54, 1.807) is 6.92 Å². The van der Waals surface area contributed by atoms with Crippen LogP contribution >= 0.6 is 11.3 Å². The van der Waals surface area contributed by atoms with Crippen LogP contribution in [0.3, 0.4) is 0 Å².